The summed E-state index contributed by atoms with van der Waals surface area (Å²) >= 11 is 1.56. The van der Waals surface area contributed by atoms with Gasteiger partial charge in [-0.3, -0.25) is 14.4 Å². The SMILES string of the molecule is COC(=O)CNC(=O)C(c1cc(C)ccc1C)N(C(=O)C(CCSC)NC(=O)OC(C)(C)C)C1CC1C. The van der Waals surface area contributed by atoms with Crippen molar-refractivity contribution < 1.29 is 28.7 Å². The number of carbonyl (C=O) groups is 4. The zero-order valence-electron chi connectivity index (χ0n) is 23.2. The van der Waals surface area contributed by atoms with E-state index >= 15 is 0 Å². The average molecular weight is 536 g/mol. The van der Waals surface area contributed by atoms with E-state index in [1.807, 2.05) is 45.2 Å². The number of alkyl carbamates (subject to hydrolysis) is 1. The first-order valence-corrected chi connectivity index (χ1v) is 13.9. The first kappa shape index (κ1) is 30.5. The standard InChI is InChI=1S/C27H41N3O6S/c1-16-9-10-17(2)19(13-16)23(24(32)28-15-22(31)35-7)30(21-14-18(21)3)25(33)20(11-12-37-8)29-26(34)36-27(4,5)6/h9-10,13,18,20-21,23H,11-12,14-15H2,1-8H3,(H,28,32)(H,29,34). The quantitative estimate of drug-likeness (QED) is 0.417. The third-order valence-electron chi connectivity index (χ3n) is 6.17. The molecule has 10 heteroatoms. The highest BCUT2D eigenvalue weighted by atomic mass is 32.2. The summed E-state index contributed by atoms with van der Waals surface area (Å²) in [6, 6.07) is 3.70. The molecule has 2 rings (SSSR count). The molecule has 0 spiro atoms. The zero-order chi connectivity index (χ0) is 27.9. The highest BCUT2D eigenvalue weighted by Crippen LogP contribution is 2.41. The Hall–Kier alpha value is -2.75. The summed E-state index contributed by atoms with van der Waals surface area (Å²) in [5.74, 6) is -0.605. The van der Waals surface area contributed by atoms with Crippen LogP contribution in [0.15, 0.2) is 18.2 Å². The van der Waals surface area contributed by atoms with Gasteiger partial charge in [0.1, 0.15) is 24.2 Å². The molecule has 0 saturated heterocycles. The average Bonchev–Trinajstić information content (AvgIpc) is 3.53. The first-order valence-electron chi connectivity index (χ1n) is 12.5. The summed E-state index contributed by atoms with van der Waals surface area (Å²) in [4.78, 5) is 53.8. The van der Waals surface area contributed by atoms with Crippen molar-refractivity contribution in [3.63, 3.8) is 0 Å². The number of rotatable bonds is 11. The minimum absolute atomic E-state index is 0.182. The van der Waals surface area contributed by atoms with E-state index in [9.17, 15) is 19.2 Å². The van der Waals surface area contributed by atoms with E-state index in [1.54, 1.807) is 37.4 Å². The molecule has 2 N–H and O–H groups in total. The maximum absolute atomic E-state index is 14.2. The van der Waals surface area contributed by atoms with Crippen LogP contribution < -0.4 is 10.6 Å². The Balaban J connectivity index is 2.51. The number of methoxy groups -OCH3 is 1. The van der Waals surface area contributed by atoms with E-state index < -0.39 is 35.7 Å². The van der Waals surface area contributed by atoms with Crippen molar-refractivity contribution in [1.82, 2.24) is 15.5 Å². The lowest BCUT2D eigenvalue weighted by Crippen LogP contribution is -2.54. The van der Waals surface area contributed by atoms with E-state index in [4.69, 9.17) is 4.74 Å². The maximum atomic E-state index is 14.2. The number of hydrogen-bond donors (Lipinski definition) is 2. The minimum atomic E-state index is -0.982. The maximum Gasteiger partial charge on any atom is 0.408 e. The molecule has 37 heavy (non-hydrogen) atoms. The third kappa shape index (κ3) is 8.94. The lowest BCUT2D eigenvalue weighted by atomic mass is 9.95. The van der Waals surface area contributed by atoms with Crippen LogP contribution in [0.5, 0.6) is 0 Å². The number of hydrogen-bond acceptors (Lipinski definition) is 7. The van der Waals surface area contributed by atoms with E-state index in [2.05, 4.69) is 15.4 Å². The van der Waals surface area contributed by atoms with Gasteiger partial charge in [-0.05, 0) is 76.5 Å². The van der Waals surface area contributed by atoms with E-state index in [0.717, 1.165) is 17.5 Å². The molecule has 1 aliphatic rings. The number of carbonyl (C=O) groups excluding carboxylic acids is 4. The predicted molar refractivity (Wildman–Crippen MR) is 144 cm³/mol. The summed E-state index contributed by atoms with van der Waals surface area (Å²) in [7, 11) is 1.25. The molecule has 0 heterocycles. The molecule has 1 aromatic rings. The van der Waals surface area contributed by atoms with Gasteiger partial charge in [0.15, 0.2) is 0 Å². The monoisotopic (exact) mass is 535 g/mol. The number of aryl methyl sites for hydroxylation is 2. The third-order valence-corrected chi connectivity index (χ3v) is 6.81. The Bertz CT molecular complexity index is 993. The fourth-order valence-corrected chi connectivity index (χ4v) is 4.57. The molecular weight excluding hydrogens is 494 g/mol. The van der Waals surface area contributed by atoms with Gasteiger partial charge in [-0.15, -0.1) is 0 Å². The number of ether oxygens (including phenoxy) is 2. The zero-order valence-corrected chi connectivity index (χ0v) is 24.0. The molecule has 0 aromatic heterocycles. The van der Waals surface area contributed by atoms with Crippen molar-refractivity contribution in [3.8, 4) is 0 Å². The van der Waals surface area contributed by atoms with E-state index in [0.29, 0.717) is 17.7 Å². The van der Waals surface area contributed by atoms with E-state index in [1.165, 1.54) is 7.11 Å². The summed E-state index contributed by atoms with van der Waals surface area (Å²) < 4.78 is 10.1. The van der Waals surface area contributed by atoms with Gasteiger partial charge in [0, 0.05) is 6.04 Å². The molecule has 1 saturated carbocycles. The van der Waals surface area contributed by atoms with Crippen molar-refractivity contribution >= 4 is 35.6 Å². The lowest BCUT2D eigenvalue weighted by molar-refractivity contribution is -0.145. The molecule has 3 amide bonds. The van der Waals surface area contributed by atoms with Crippen LogP contribution in [0.2, 0.25) is 0 Å². The van der Waals surface area contributed by atoms with Gasteiger partial charge in [0.05, 0.1) is 7.11 Å². The number of nitrogens with one attached hydrogen (secondary N) is 2. The van der Waals surface area contributed by atoms with Crippen LogP contribution in [0.3, 0.4) is 0 Å². The second kappa shape index (κ2) is 13.2. The molecule has 0 bridgehead atoms. The highest BCUT2D eigenvalue weighted by molar-refractivity contribution is 7.98. The molecule has 9 nitrogen and oxygen atoms in total. The second-order valence-corrected chi connectivity index (χ2v) is 11.5. The van der Waals surface area contributed by atoms with Gasteiger partial charge in [0.25, 0.3) is 0 Å². The molecule has 1 aromatic carbocycles. The molecular formula is C27H41N3O6S. The van der Waals surface area contributed by atoms with Crippen molar-refractivity contribution in [3.05, 3.63) is 34.9 Å². The normalized spacial score (nSPS) is 18.3. The Morgan fingerprint density at radius 1 is 1.19 bits per heavy atom. The first-order chi connectivity index (χ1) is 17.3. The van der Waals surface area contributed by atoms with Gasteiger partial charge >= 0.3 is 12.1 Å². The van der Waals surface area contributed by atoms with Crippen molar-refractivity contribution in [1.29, 1.82) is 0 Å². The van der Waals surface area contributed by atoms with Crippen LogP contribution in [0, 0.1) is 19.8 Å². The second-order valence-electron chi connectivity index (χ2n) is 10.6. The summed E-state index contributed by atoms with van der Waals surface area (Å²) in [5, 5.41) is 5.39. The van der Waals surface area contributed by atoms with Crippen LogP contribution in [-0.2, 0) is 23.9 Å². The Morgan fingerprint density at radius 2 is 1.84 bits per heavy atom. The number of amides is 3. The number of nitrogens with zero attached hydrogens (tertiary/aromatic N) is 1. The van der Waals surface area contributed by atoms with Crippen molar-refractivity contribution in [2.24, 2.45) is 5.92 Å². The lowest BCUT2D eigenvalue weighted by Gasteiger charge is -2.35. The Morgan fingerprint density at radius 3 is 2.38 bits per heavy atom. The molecule has 4 unspecified atom stereocenters. The Labute approximate surface area is 224 Å². The van der Waals surface area contributed by atoms with Gasteiger partial charge in [-0.1, -0.05) is 30.7 Å². The highest BCUT2D eigenvalue weighted by Gasteiger charge is 2.48. The molecule has 1 aliphatic carbocycles. The summed E-state index contributed by atoms with van der Waals surface area (Å²) in [6.07, 6.45) is 2.35. The fraction of sp³-hybridized carbons (Fsp3) is 0.630. The fourth-order valence-electron chi connectivity index (χ4n) is 4.10. The van der Waals surface area contributed by atoms with Crippen molar-refractivity contribution in [2.75, 3.05) is 25.7 Å². The smallest absolute Gasteiger partial charge is 0.408 e. The minimum Gasteiger partial charge on any atom is -0.468 e. The number of benzene rings is 1. The van der Waals surface area contributed by atoms with Crippen molar-refractivity contribution in [2.45, 2.75) is 78.1 Å². The van der Waals surface area contributed by atoms with E-state index in [-0.39, 0.29) is 24.4 Å². The van der Waals surface area contributed by atoms with Crippen LogP contribution in [0.4, 0.5) is 4.79 Å². The van der Waals surface area contributed by atoms with Crippen LogP contribution in [0.25, 0.3) is 0 Å². The molecule has 4 atom stereocenters. The molecule has 206 valence electrons. The summed E-state index contributed by atoms with van der Waals surface area (Å²) in [6.45, 7) is 10.8. The molecule has 0 aliphatic heterocycles. The van der Waals surface area contributed by atoms with Gasteiger partial charge in [-0.25, -0.2) is 4.79 Å². The topological polar surface area (TPSA) is 114 Å². The van der Waals surface area contributed by atoms with Crippen LogP contribution >= 0.6 is 11.8 Å². The van der Waals surface area contributed by atoms with Gasteiger partial charge in [-0.2, -0.15) is 11.8 Å². The van der Waals surface area contributed by atoms with Gasteiger partial charge < -0.3 is 25.0 Å². The van der Waals surface area contributed by atoms with Crippen LogP contribution in [0.1, 0.15) is 63.3 Å². The summed E-state index contributed by atoms with van der Waals surface area (Å²) in [5.41, 5.74) is 1.73. The molecule has 0 radical (unpaired) electrons. The van der Waals surface area contributed by atoms with Crippen LogP contribution in [-0.4, -0.2) is 72.1 Å². The number of thioether (sulfide) groups is 1. The Kier molecular flexibility index (Phi) is 10.8. The number of esters is 1. The van der Waals surface area contributed by atoms with Gasteiger partial charge in [0.2, 0.25) is 11.8 Å². The molecule has 1 fully saturated rings. The predicted octanol–water partition coefficient (Wildman–Crippen LogP) is 3.52. The largest absolute Gasteiger partial charge is 0.468 e.